The summed E-state index contributed by atoms with van der Waals surface area (Å²) in [6, 6.07) is 1.59. The second kappa shape index (κ2) is 5.79. The fraction of sp³-hybridized carbons (Fsp3) is 0.385. The molecule has 8 nitrogen and oxygen atoms in total. The lowest BCUT2D eigenvalue weighted by molar-refractivity contribution is -0.140. The number of benzene rings is 1. The van der Waals surface area contributed by atoms with Gasteiger partial charge in [0.05, 0.1) is 16.2 Å². The number of tetrazole rings is 1. The number of hydrogen-bond donors (Lipinski definition) is 1. The second-order valence-electron chi connectivity index (χ2n) is 5.47. The van der Waals surface area contributed by atoms with Crippen molar-refractivity contribution < 1.29 is 26.4 Å². The molecule has 12 heteroatoms. The van der Waals surface area contributed by atoms with Gasteiger partial charge in [0.2, 0.25) is 5.95 Å². The Morgan fingerprint density at radius 2 is 2.04 bits per heavy atom. The molecule has 0 radical (unpaired) electrons. The molecular weight excluding hydrogens is 363 g/mol. The average molecular weight is 375 g/mol. The van der Waals surface area contributed by atoms with E-state index in [1.54, 1.807) is 0 Å². The highest BCUT2D eigenvalue weighted by atomic mass is 32.2. The van der Waals surface area contributed by atoms with Crippen molar-refractivity contribution in [2.75, 3.05) is 11.1 Å². The third kappa shape index (κ3) is 3.08. The summed E-state index contributed by atoms with van der Waals surface area (Å²) in [6.07, 6.45) is -4.64. The Labute approximate surface area is 139 Å². The van der Waals surface area contributed by atoms with E-state index in [4.69, 9.17) is 0 Å². The summed E-state index contributed by atoms with van der Waals surface area (Å²) in [7, 11) is -2.67. The predicted octanol–water partition coefficient (Wildman–Crippen LogP) is 1.20. The van der Waals surface area contributed by atoms with Crippen LogP contribution in [0.25, 0.3) is 0 Å². The first-order valence-corrected chi connectivity index (χ1v) is 8.76. The van der Waals surface area contributed by atoms with Crippen molar-refractivity contribution in [1.29, 1.82) is 0 Å². The molecule has 2 heterocycles. The molecule has 0 saturated carbocycles. The molecule has 0 aliphatic carbocycles. The monoisotopic (exact) mass is 375 g/mol. The van der Waals surface area contributed by atoms with E-state index in [2.05, 4.69) is 20.8 Å². The summed E-state index contributed by atoms with van der Waals surface area (Å²) in [6.45, 7) is 0. The first-order valence-electron chi connectivity index (χ1n) is 7.11. The van der Waals surface area contributed by atoms with Gasteiger partial charge in [-0.05, 0) is 41.0 Å². The van der Waals surface area contributed by atoms with E-state index >= 15 is 0 Å². The number of anilines is 1. The van der Waals surface area contributed by atoms with Crippen molar-refractivity contribution >= 4 is 21.7 Å². The van der Waals surface area contributed by atoms with Gasteiger partial charge in [0, 0.05) is 12.6 Å². The number of fused-ring (bicyclic) bond motifs is 1. The summed E-state index contributed by atoms with van der Waals surface area (Å²) in [5, 5.41) is 12.7. The number of aryl methyl sites for hydroxylation is 1. The standard InChI is InChI=1S/C13H12F3N5O3S/c1-21-12(18-19-20-21)17-11(22)8-4-5-9(13(14,15)16)10-7(8)3-2-6-25(10,23)24/h4-5H,2-3,6H2,1H3,(H,17,18,20,22). The molecule has 3 rings (SSSR count). The molecule has 134 valence electrons. The van der Waals surface area contributed by atoms with Gasteiger partial charge in [0.25, 0.3) is 5.91 Å². The molecule has 0 saturated heterocycles. The lowest BCUT2D eigenvalue weighted by Gasteiger charge is -2.23. The summed E-state index contributed by atoms with van der Waals surface area (Å²) >= 11 is 0. The molecule has 0 atom stereocenters. The Morgan fingerprint density at radius 1 is 1.32 bits per heavy atom. The lowest BCUT2D eigenvalue weighted by atomic mass is 9.98. The molecule has 2 aromatic rings. The van der Waals surface area contributed by atoms with E-state index in [0.29, 0.717) is 6.07 Å². The number of amides is 1. The van der Waals surface area contributed by atoms with Crippen LogP contribution in [0.3, 0.4) is 0 Å². The predicted molar refractivity (Wildman–Crippen MR) is 78.6 cm³/mol. The topological polar surface area (TPSA) is 107 Å². The minimum atomic E-state index is -4.84. The van der Waals surface area contributed by atoms with Gasteiger partial charge in [-0.15, -0.1) is 0 Å². The SMILES string of the molecule is Cn1nnnc1NC(=O)c1ccc(C(F)(F)F)c2c1CCCS2(=O)=O. The van der Waals surface area contributed by atoms with Gasteiger partial charge in [0.15, 0.2) is 9.84 Å². The second-order valence-corrected chi connectivity index (χ2v) is 7.51. The van der Waals surface area contributed by atoms with Crippen LogP contribution < -0.4 is 5.32 Å². The number of aromatic nitrogens is 4. The zero-order valence-corrected chi connectivity index (χ0v) is 13.6. The number of halogens is 3. The Bertz CT molecular complexity index is 952. The smallest absolute Gasteiger partial charge is 0.289 e. The van der Waals surface area contributed by atoms with Gasteiger partial charge < -0.3 is 0 Å². The van der Waals surface area contributed by atoms with E-state index in [-0.39, 0.29) is 35.7 Å². The fourth-order valence-electron chi connectivity index (χ4n) is 2.71. The van der Waals surface area contributed by atoms with Gasteiger partial charge in [0.1, 0.15) is 0 Å². The van der Waals surface area contributed by atoms with Crippen LogP contribution >= 0.6 is 0 Å². The molecular formula is C13H12F3N5O3S. The van der Waals surface area contributed by atoms with Gasteiger partial charge >= 0.3 is 6.18 Å². The molecule has 1 amide bonds. The zero-order valence-electron chi connectivity index (χ0n) is 12.8. The van der Waals surface area contributed by atoms with Crippen LogP contribution in [0.5, 0.6) is 0 Å². The molecule has 0 bridgehead atoms. The highest BCUT2D eigenvalue weighted by Crippen LogP contribution is 2.40. The highest BCUT2D eigenvalue weighted by Gasteiger charge is 2.41. The molecule has 0 unspecified atom stereocenters. The molecule has 0 spiro atoms. The fourth-order valence-corrected chi connectivity index (χ4v) is 4.55. The third-order valence-corrected chi connectivity index (χ3v) is 5.72. The van der Waals surface area contributed by atoms with Gasteiger partial charge in [-0.1, -0.05) is 5.10 Å². The van der Waals surface area contributed by atoms with Crippen molar-refractivity contribution in [3.05, 3.63) is 28.8 Å². The van der Waals surface area contributed by atoms with Gasteiger partial charge in [-0.3, -0.25) is 10.1 Å². The number of rotatable bonds is 2. The Morgan fingerprint density at radius 3 is 2.64 bits per heavy atom. The molecule has 1 N–H and O–H groups in total. The summed E-state index contributed by atoms with van der Waals surface area (Å²) in [5.74, 6) is -1.18. The normalized spacial score (nSPS) is 16.3. The summed E-state index contributed by atoms with van der Waals surface area (Å²) in [5.41, 5.74) is -1.53. The van der Waals surface area contributed by atoms with E-state index in [9.17, 15) is 26.4 Å². The van der Waals surface area contributed by atoms with Crippen LogP contribution in [0.2, 0.25) is 0 Å². The molecule has 1 aliphatic heterocycles. The van der Waals surface area contributed by atoms with Crippen LogP contribution in [-0.4, -0.2) is 40.3 Å². The van der Waals surface area contributed by atoms with E-state index < -0.39 is 32.4 Å². The third-order valence-electron chi connectivity index (χ3n) is 3.81. The minimum Gasteiger partial charge on any atom is -0.289 e. The van der Waals surface area contributed by atoms with Crippen LogP contribution in [-0.2, 0) is 29.5 Å². The quantitative estimate of drug-likeness (QED) is 0.845. The van der Waals surface area contributed by atoms with Crippen LogP contribution in [0.15, 0.2) is 17.0 Å². The number of carbonyl (C=O) groups excluding carboxylic acids is 1. The van der Waals surface area contributed by atoms with E-state index in [0.717, 1.165) is 10.7 Å². The molecule has 1 aromatic carbocycles. The maximum Gasteiger partial charge on any atom is 0.417 e. The molecule has 1 aliphatic rings. The number of sulfone groups is 1. The number of nitrogens with zero attached hydrogens (tertiary/aromatic N) is 4. The Hall–Kier alpha value is -2.50. The van der Waals surface area contributed by atoms with Crippen molar-refractivity contribution in [3.8, 4) is 0 Å². The highest BCUT2D eigenvalue weighted by molar-refractivity contribution is 7.91. The van der Waals surface area contributed by atoms with Crippen molar-refractivity contribution in [1.82, 2.24) is 20.2 Å². The minimum absolute atomic E-state index is 0.0164. The van der Waals surface area contributed by atoms with Crippen LogP contribution in [0.4, 0.5) is 19.1 Å². The molecule has 25 heavy (non-hydrogen) atoms. The first-order chi connectivity index (χ1) is 11.6. The van der Waals surface area contributed by atoms with Gasteiger partial charge in [-0.25, -0.2) is 13.1 Å². The number of alkyl halides is 3. The molecule has 0 fully saturated rings. The summed E-state index contributed by atoms with van der Waals surface area (Å²) in [4.78, 5) is 11.6. The maximum atomic E-state index is 13.2. The van der Waals surface area contributed by atoms with E-state index in [1.165, 1.54) is 7.05 Å². The number of hydrogen-bond acceptors (Lipinski definition) is 6. The average Bonchev–Trinajstić information content (AvgIpc) is 2.90. The molecule has 1 aromatic heterocycles. The van der Waals surface area contributed by atoms with Gasteiger partial charge in [-0.2, -0.15) is 13.2 Å². The van der Waals surface area contributed by atoms with Crippen LogP contribution in [0, 0.1) is 0 Å². The number of nitrogens with one attached hydrogen (secondary N) is 1. The first kappa shape index (κ1) is 17.3. The Balaban J connectivity index is 2.14. The lowest BCUT2D eigenvalue weighted by Crippen LogP contribution is -2.26. The number of carbonyl (C=O) groups is 1. The maximum absolute atomic E-state index is 13.2. The summed E-state index contributed by atoms with van der Waals surface area (Å²) < 4.78 is 65.2. The Kier molecular flexibility index (Phi) is 4.01. The van der Waals surface area contributed by atoms with E-state index in [1.807, 2.05) is 0 Å². The van der Waals surface area contributed by atoms with Crippen molar-refractivity contribution in [2.45, 2.75) is 23.9 Å². The zero-order chi connectivity index (χ0) is 18.4. The largest absolute Gasteiger partial charge is 0.417 e. The van der Waals surface area contributed by atoms with Crippen LogP contribution in [0.1, 0.15) is 27.9 Å². The van der Waals surface area contributed by atoms with Crippen molar-refractivity contribution in [2.24, 2.45) is 7.05 Å². The van der Waals surface area contributed by atoms with Crippen molar-refractivity contribution in [3.63, 3.8) is 0 Å².